The first kappa shape index (κ1) is 18.0. The third-order valence-corrected chi connectivity index (χ3v) is 5.55. The number of carbonyl (C=O) groups excluding carboxylic acids is 1. The molecule has 3 rings (SSSR count). The second kappa shape index (κ2) is 8.04. The zero-order chi connectivity index (χ0) is 17.8. The lowest BCUT2D eigenvalue weighted by atomic mass is 9.94. The third kappa shape index (κ3) is 4.24. The average Bonchev–Trinajstić information content (AvgIpc) is 2.90. The molecule has 1 aromatic rings. The van der Waals surface area contributed by atoms with Crippen LogP contribution in [0.2, 0.25) is 5.02 Å². The van der Waals surface area contributed by atoms with Crippen molar-refractivity contribution in [1.82, 2.24) is 4.90 Å². The van der Waals surface area contributed by atoms with E-state index in [1.807, 2.05) is 4.90 Å². The Morgan fingerprint density at radius 1 is 1.08 bits per heavy atom. The second-order valence-corrected chi connectivity index (χ2v) is 7.30. The van der Waals surface area contributed by atoms with Gasteiger partial charge in [-0.25, -0.2) is 0 Å². The van der Waals surface area contributed by atoms with E-state index < -0.39 is 4.92 Å². The summed E-state index contributed by atoms with van der Waals surface area (Å²) in [5.41, 5.74) is 0.813. The van der Waals surface area contributed by atoms with Crippen molar-refractivity contribution in [2.75, 3.05) is 31.1 Å². The molecule has 0 bridgehead atoms. The summed E-state index contributed by atoms with van der Waals surface area (Å²) in [6.45, 7) is 3.30. The van der Waals surface area contributed by atoms with Crippen molar-refractivity contribution >= 4 is 28.9 Å². The number of halogens is 1. The smallest absolute Gasteiger partial charge is 0.271 e. The molecular formula is C18H24ClN3O3. The Bertz CT molecular complexity index is 636. The molecule has 25 heavy (non-hydrogen) atoms. The maximum atomic E-state index is 12.7. The van der Waals surface area contributed by atoms with Crippen molar-refractivity contribution in [2.45, 2.75) is 38.5 Å². The molecule has 136 valence electrons. The SMILES string of the molecule is O=C(C1CCN(c2ccc([N+](=O)[O-])cc2Cl)CC1)N1CCCCCC1. The second-order valence-electron chi connectivity index (χ2n) is 6.89. The number of likely N-dealkylation sites (tertiary alicyclic amines) is 1. The monoisotopic (exact) mass is 365 g/mol. The summed E-state index contributed by atoms with van der Waals surface area (Å²) in [7, 11) is 0. The van der Waals surface area contributed by atoms with Crippen LogP contribution in [-0.4, -0.2) is 41.9 Å². The highest BCUT2D eigenvalue weighted by Gasteiger charge is 2.29. The molecule has 0 saturated carbocycles. The molecule has 2 fully saturated rings. The molecule has 2 aliphatic heterocycles. The van der Waals surface area contributed by atoms with Crippen molar-refractivity contribution < 1.29 is 9.72 Å². The van der Waals surface area contributed by atoms with Gasteiger partial charge in [-0.05, 0) is 31.7 Å². The van der Waals surface area contributed by atoms with Gasteiger partial charge in [0.25, 0.3) is 5.69 Å². The zero-order valence-electron chi connectivity index (χ0n) is 14.3. The van der Waals surface area contributed by atoms with Crippen molar-refractivity contribution in [3.05, 3.63) is 33.3 Å². The van der Waals surface area contributed by atoms with Gasteiger partial charge in [0.2, 0.25) is 5.91 Å². The maximum absolute atomic E-state index is 12.7. The number of non-ortho nitro benzene ring substituents is 1. The van der Waals surface area contributed by atoms with Crippen molar-refractivity contribution in [1.29, 1.82) is 0 Å². The molecule has 1 aromatic carbocycles. The van der Waals surface area contributed by atoms with E-state index in [1.54, 1.807) is 6.07 Å². The Kier molecular flexibility index (Phi) is 5.78. The highest BCUT2D eigenvalue weighted by Crippen LogP contribution is 2.33. The first-order chi connectivity index (χ1) is 12.1. The fourth-order valence-corrected chi connectivity index (χ4v) is 4.08. The summed E-state index contributed by atoms with van der Waals surface area (Å²) >= 11 is 6.22. The Labute approximate surface area is 152 Å². The van der Waals surface area contributed by atoms with Crippen LogP contribution in [-0.2, 0) is 4.79 Å². The van der Waals surface area contributed by atoms with E-state index >= 15 is 0 Å². The largest absolute Gasteiger partial charge is 0.370 e. The van der Waals surface area contributed by atoms with Gasteiger partial charge in [0.05, 0.1) is 15.6 Å². The lowest BCUT2D eigenvalue weighted by Crippen LogP contribution is -2.43. The van der Waals surface area contributed by atoms with Crippen LogP contribution in [0.3, 0.4) is 0 Å². The maximum Gasteiger partial charge on any atom is 0.271 e. The molecule has 0 atom stereocenters. The predicted octanol–water partition coefficient (Wildman–Crippen LogP) is 3.87. The Hall–Kier alpha value is -1.82. The summed E-state index contributed by atoms with van der Waals surface area (Å²) in [5.74, 6) is 0.391. The molecule has 0 unspecified atom stereocenters. The number of anilines is 1. The molecule has 0 spiro atoms. The topological polar surface area (TPSA) is 66.7 Å². The lowest BCUT2D eigenvalue weighted by Gasteiger charge is -2.35. The quantitative estimate of drug-likeness (QED) is 0.602. The molecule has 0 aliphatic carbocycles. The number of carbonyl (C=O) groups is 1. The van der Waals surface area contributed by atoms with Crippen molar-refractivity contribution in [3.63, 3.8) is 0 Å². The molecule has 2 saturated heterocycles. The fourth-order valence-electron chi connectivity index (χ4n) is 3.78. The number of hydrogen-bond donors (Lipinski definition) is 0. The summed E-state index contributed by atoms with van der Waals surface area (Å²) in [6.07, 6.45) is 6.29. The number of nitro benzene ring substituents is 1. The number of rotatable bonds is 3. The van der Waals surface area contributed by atoms with Crippen LogP contribution in [0.5, 0.6) is 0 Å². The van der Waals surface area contributed by atoms with Crippen LogP contribution in [0, 0.1) is 16.0 Å². The molecule has 1 amide bonds. The van der Waals surface area contributed by atoms with Gasteiger partial charge in [-0.1, -0.05) is 24.4 Å². The molecule has 0 N–H and O–H groups in total. The van der Waals surface area contributed by atoms with Gasteiger partial charge < -0.3 is 9.80 Å². The Morgan fingerprint density at radius 2 is 1.72 bits per heavy atom. The predicted molar refractivity (Wildman–Crippen MR) is 98.1 cm³/mol. The van der Waals surface area contributed by atoms with E-state index in [4.69, 9.17) is 11.6 Å². The van der Waals surface area contributed by atoms with Crippen molar-refractivity contribution in [3.8, 4) is 0 Å². The van der Waals surface area contributed by atoms with E-state index in [1.165, 1.54) is 25.0 Å². The van der Waals surface area contributed by atoms with Crippen molar-refractivity contribution in [2.24, 2.45) is 5.92 Å². The van der Waals surface area contributed by atoms with Crippen LogP contribution in [0.4, 0.5) is 11.4 Å². The zero-order valence-corrected chi connectivity index (χ0v) is 15.1. The van der Waals surface area contributed by atoms with E-state index in [0.29, 0.717) is 10.9 Å². The molecule has 2 aliphatic rings. The normalized spacial score (nSPS) is 19.6. The molecule has 0 radical (unpaired) electrons. The van der Waals surface area contributed by atoms with Gasteiger partial charge in [-0.2, -0.15) is 0 Å². The summed E-state index contributed by atoms with van der Waals surface area (Å²) < 4.78 is 0. The summed E-state index contributed by atoms with van der Waals surface area (Å²) in [6, 6.07) is 4.58. The van der Waals surface area contributed by atoms with Crippen LogP contribution in [0.1, 0.15) is 38.5 Å². The van der Waals surface area contributed by atoms with Gasteiger partial charge >= 0.3 is 0 Å². The van der Waals surface area contributed by atoms with Crippen LogP contribution >= 0.6 is 11.6 Å². The summed E-state index contributed by atoms with van der Waals surface area (Å²) in [4.78, 5) is 27.3. The number of hydrogen-bond acceptors (Lipinski definition) is 4. The number of benzene rings is 1. The lowest BCUT2D eigenvalue weighted by molar-refractivity contribution is -0.384. The fraction of sp³-hybridized carbons (Fsp3) is 0.611. The number of amides is 1. The van der Waals surface area contributed by atoms with E-state index in [2.05, 4.69) is 4.90 Å². The van der Waals surface area contributed by atoms with Crippen LogP contribution < -0.4 is 4.90 Å². The average molecular weight is 366 g/mol. The molecule has 2 heterocycles. The summed E-state index contributed by atoms with van der Waals surface area (Å²) in [5, 5.41) is 11.2. The van der Waals surface area contributed by atoms with Gasteiger partial charge in [-0.15, -0.1) is 0 Å². The minimum atomic E-state index is -0.443. The highest BCUT2D eigenvalue weighted by atomic mass is 35.5. The molecule has 7 heteroatoms. The number of piperidine rings is 1. The number of nitro groups is 1. The van der Waals surface area contributed by atoms with Gasteiger partial charge in [0.1, 0.15) is 0 Å². The first-order valence-electron chi connectivity index (χ1n) is 9.04. The highest BCUT2D eigenvalue weighted by molar-refractivity contribution is 6.33. The molecule has 6 nitrogen and oxygen atoms in total. The van der Waals surface area contributed by atoms with Crippen LogP contribution in [0.15, 0.2) is 18.2 Å². The van der Waals surface area contributed by atoms with E-state index in [9.17, 15) is 14.9 Å². The molecular weight excluding hydrogens is 342 g/mol. The number of nitrogens with zero attached hydrogens (tertiary/aromatic N) is 3. The van der Waals surface area contributed by atoms with Crippen LogP contribution in [0.25, 0.3) is 0 Å². The van der Waals surface area contributed by atoms with Gasteiger partial charge in [0.15, 0.2) is 0 Å². The minimum Gasteiger partial charge on any atom is -0.370 e. The van der Waals surface area contributed by atoms with E-state index in [-0.39, 0.29) is 11.6 Å². The standard InChI is InChI=1S/C18H24ClN3O3/c19-16-13-15(22(24)25)5-6-17(16)20-11-7-14(8-12-20)18(23)21-9-3-1-2-4-10-21/h5-6,13-14H,1-4,7-12H2. The Balaban J connectivity index is 1.60. The minimum absolute atomic E-state index is 0.0000210. The molecule has 0 aromatic heterocycles. The third-order valence-electron chi connectivity index (χ3n) is 5.24. The van der Waals surface area contributed by atoms with Gasteiger partial charge in [-0.3, -0.25) is 14.9 Å². The first-order valence-corrected chi connectivity index (χ1v) is 9.42. The van der Waals surface area contributed by atoms with Gasteiger partial charge in [0, 0.05) is 44.2 Å². The Morgan fingerprint density at radius 3 is 2.28 bits per heavy atom. The van der Waals surface area contributed by atoms with E-state index in [0.717, 1.165) is 57.5 Å².